The molecule has 2 aliphatic rings. The van der Waals surface area contributed by atoms with Crippen LogP contribution in [0.25, 0.3) is 0 Å². The van der Waals surface area contributed by atoms with E-state index in [1.807, 2.05) is 6.07 Å². The van der Waals surface area contributed by atoms with E-state index in [1.165, 1.54) is 17.7 Å². The largest absolute Gasteiger partial charge is 0.369 e. The number of hydrogen-bond acceptors (Lipinski definition) is 4. The molecule has 1 fully saturated rings. The van der Waals surface area contributed by atoms with Crippen LogP contribution in [0.5, 0.6) is 0 Å². The van der Waals surface area contributed by atoms with Crippen LogP contribution in [0.4, 0.5) is 11.5 Å². The monoisotopic (exact) mass is 388 g/mol. The van der Waals surface area contributed by atoms with Gasteiger partial charge in [-0.25, -0.2) is 0 Å². The highest BCUT2D eigenvalue weighted by molar-refractivity contribution is 6.10. The van der Waals surface area contributed by atoms with Crippen molar-refractivity contribution in [3.8, 4) is 0 Å². The number of amides is 2. The zero-order valence-electron chi connectivity index (χ0n) is 15.6. The van der Waals surface area contributed by atoms with Crippen LogP contribution in [0.3, 0.4) is 0 Å². The van der Waals surface area contributed by atoms with E-state index in [0.29, 0.717) is 28.6 Å². The number of rotatable bonds is 5. The van der Waals surface area contributed by atoms with E-state index in [1.54, 1.807) is 48.5 Å². The van der Waals surface area contributed by atoms with Gasteiger partial charge in [-0.15, -0.1) is 0 Å². The number of aliphatic hydroxyl groups excluding tert-OH is 1. The third-order valence-electron chi connectivity index (χ3n) is 5.39. The molecule has 3 N–H and O–H groups in total. The highest BCUT2D eigenvalue weighted by Crippen LogP contribution is 2.39. The Kier molecular flexibility index (Phi) is 4.17. The van der Waals surface area contributed by atoms with Crippen molar-refractivity contribution in [3.05, 3.63) is 77.0 Å². The van der Waals surface area contributed by atoms with Crippen LogP contribution in [0.1, 0.15) is 52.2 Å². The van der Waals surface area contributed by atoms with Crippen molar-refractivity contribution < 1.29 is 14.7 Å². The molecule has 1 aromatic heterocycles. The first-order valence-corrected chi connectivity index (χ1v) is 9.65. The van der Waals surface area contributed by atoms with Crippen molar-refractivity contribution in [2.75, 3.05) is 10.2 Å². The van der Waals surface area contributed by atoms with Gasteiger partial charge in [-0.05, 0) is 36.6 Å². The summed E-state index contributed by atoms with van der Waals surface area (Å²) in [6, 6.07) is 16.0. The molecule has 2 aromatic carbocycles. The lowest BCUT2D eigenvalue weighted by molar-refractivity contribution is -0.115. The van der Waals surface area contributed by atoms with Crippen molar-refractivity contribution in [2.24, 2.45) is 0 Å². The second-order valence-corrected chi connectivity index (χ2v) is 7.51. The Morgan fingerprint density at radius 3 is 2.66 bits per heavy atom. The van der Waals surface area contributed by atoms with Gasteiger partial charge in [0.2, 0.25) is 5.91 Å². The smallest absolute Gasteiger partial charge is 0.261 e. The molecule has 0 saturated heterocycles. The number of nitrogens with zero attached hydrogens (tertiary/aromatic N) is 2. The average molecular weight is 388 g/mol. The number of benzene rings is 2. The van der Waals surface area contributed by atoms with Gasteiger partial charge in [0.15, 0.2) is 12.0 Å². The fourth-order valence-electron chi connectivity index (χ4n) is 3.71. The fourth-order valence-corrected chi connectivity index (χ4v) is 3.71. The highest BCUT2D eigenvalue weighted by Gasteiger charge is 2.36. The van der Waals surface area contributed by atoms with Crippen LogP contribution in [0.15, 0.2) is 54.6 Å². The molecule has 0 bridgehead atoms. The van der Waals surface area contributed by atoms with Crippen molar-refractivity contribution in [1.82, 2.24) is 10.2 Å². The van der Waals surface area contributed by atoms with Crippen LogP contribution in [0.2, 0.25) is 0 Å². The summed E-state index contributed by atoms with van der Waals surface area (Å²) < 4.78 is 0. The Morgan fingerprint density at radius 1 is 1.17 bits per heavy atom. The molecular formula is C22H20N4O3. The first-order chi connectivity index (χ1) is 14.1. The van der Waals surface area contributed by atoms with Crippen molar-refractivity contribution in [1.29, 1.82) is 0 Å². The summed E-state index contributed by atoms with van der Waals surface area (Å²) in [6.07, 6.45) is 1.53. The number of hydrogen-bond donors (Lipinski definition) is 3. The Morgan fingerprint density at radius 2 is 1.93 bits per heavy atom. The van der Waals surface area contributed by atoms with E-state index in [-0.39, 0.29) is 18.2 Å². The minimum atomic E-state index is -1.01. The maximum atomic E-state index is 12.6. The summed E-state index contributed by atoms with van der Waals surface area (Å²) in [5.74, 6) is 0.701. The van der Waals surface area contributed by atoms with Crippen molar-refractivity contribution in [2.45, 2.75) is 31.4 Å². The van der Waals surface area contributed by atoms with Crippen LogP contribution in [0, 0.1) is 0 Å². The first kappa shape index (κ1) is 17.6. The zero-order valence-corrected chi connectivity index (χ0v) is 15.6. The van der Waals surface area contributed by atoms with E-state index >= 15 is 0 Å². The van der Waals surface area contributed by atoms with Crippen LogP contribution < -0.4 is 10.2 Å². The van der Waals surface area contributed by atoms with Crippen molar-refractivity contribution >= 4 is 23.3 Å². The summed E-state index contributed by atoms with van der Waals surface area (Å²) >= 11 is 0. The number of aromatic amines is 1. The standard InChI is InChI=1S/C22H20N4O3/c27-20(23-19-12-18(24-25-19)14-7-8-14)11-13-5-9-15(10-6-13)26-21(28)16-3-1-2-4-17(16)22(26)29/h1-6,9-10,12,14,21,28H,7-8,11H2,(H2,23,24,25,27). The Labute approximate surface area is 167 Å². The molecule has 29 heavy (non-hydrogen) atoms. The lowest BCUT2D eigenvalue weighted by Gasteiger charge is -2.21. The molecule has 1 unspecified atom stereocenters. The lowest BCUT2D eigenvalue weighted by Crippen LogP contribution is -2.27. The second-order valence-electron chi connectivity index (χ2n) is 7.51. The number of fused-ring (bicyclic) bond motifs is 1. The molecule has 1 aliphatic carbocycles. The van der Waals surface area contributed by atoms with E-state index in [9.17, 15) is 14.7 Å². The summed E-state index contributed by atoms with van der Waals surface area (Å²) in [5, 5.41) is 20.4. The second kappa shape index (κ2) is 6.86. The Hall–Kier alpha value is -3.45. The van der Waals surface area contributed by atoms with Gasteiger partial charge in [-0.2, -0.15) is 5.10 Å². The number of carbonyl (C=O) groups is 2. The maximum Gasteiger partial charge on any atom is 0.261 e. The number of H-pyrrole nitrogens is 1. The molecule has 1 saturated carbocycles. The molecule has 1 aliphatic heterocycles. The third-order valence-corrected chi connectivity index (χ3v) is 5.39. The van der Waals surface area contributed by atoms with Crippen LogP contribution >= 0.6 is 0 Å². The summed E-state index contributed by atoms with van der Waals surface area (Å²) in [7, 11) is 0. The molecule has 5 rings (SSSR count). The predicted molar refractivity (Wildman–Crippen MR) is 108 cm³/mol. The molecule has 7 nitrogen and oxygen atoms in total. The zero-order chi connectivity index (χ0) is 20.0. The SMILES string of the molecule is O=C(Cc1ccc(N2C(=O)c3ccccc3C2O)cc1)Nc1cc(C2CC2)[nH]n1. The molecule has 2 amide bonds. The minimum Gasteiger partial charge on any atom is -0.369 e. The van der Waals surface area contributed by atoms with Gasteiger partial charge < -0.3 is 10.4 Å². The van der Waals surface area contributed by atoms with Gasteiger partial charge in [-0.1, -0.05) is 30.3 Å². The summed E-state index contributed by atoms with van der Waals surface area (Å²) in [6.45, 7) is 0. The quantitative estimate of drug-likeness (QED) is 0.625. The van der Waals surface area contributed by atoms with Gasteiger partial charge in [0.1, 0.15) is 0 Å². The molecule has 0 spiro atoms. The number of nitrogens with one attached hydrogen (secondary N) is 2. The van der Waals surface area contributed by atoms with Gasteiger partial charge in [0.25, 0.3) is 5.91 Å². The fraction of sp³-hybridized carbons (Fsp3) is 0.227. The van der Waals surface area contributed by atoms with E-state index in [2.05, 4.69) is 15.5 Å². The van der Waals surface area contributed by atoms with Gasteiger partial charge in [0, 0.05) is 34.5 Å². The molecule has 0 radical (unpaired) electrons. The van der Waals surface area contributed by atoms with E-state index < -0.39 is 6.23 Å². The van der Waals surface area contributed by atoms with Crippen LogP contribution in [-0.4, -0.2) is 27.1 Å². The molecular weight excluding hydrogens is 368 g/mol. The predicted octanol–water partition coefficient (Wildman–Crippen LogP) is 3.12. The lowest BCUT2D eigenvalue weighted by atomic mass is 10.1. The molecule has 1 atom stereocenters. The normalized spacial score (nSPS) is 18.0. The Balaban J connectivity index is 1.25. The average Bonchev–Trinajstić information content (AvgIpc) is 3.42. The first-order valence-electron chi connectivity index (χ1n) is 9.65. The van der Waals surface area contributed by atoms with Crippen molar-refractivity contribution in [3.63, 3.8) is 0 Å². The minimum absolute atomic E-state index is 0.156. The topological polar surface area (TPSA) is 98.3 Å². The third kappa shape index (κ3) is 3.30. The number of carbonyl (C=O) groups excluding carboxylic acids is 2. The molecule has 146 valence electrons. The molecule has 7 heteroatoms. The van der Waals surface area contributed by atoms with E-state index in [4.69, 9.17) is 0 Å². The number of aromatic nitrogens is 2. The molecule has 2 heterocycles. The number of aliphatic hydroxyl groups is 1. The summed E-state index contributed by atoms with van der Waals surface area (Å²) in [5.41, 5.74) is 3.57. The maximum absolute atomic E-state index is 12.6. The van der Waals surface area contributed by atoms with Gasteiger partial charge in [-0.3, -0.25) is 19.6 Å². The van der Waals surface area contributed by atoms with Gasteiger partial charge in [0.05, 0.1) is 6.42 Å². The summed E-state index contributed by atoms with van der Waals surface area (Å²) in [4.78, 5) is 26.3. The number of anilines is 2. The highest BCUT2D eigenvalue weighted by atomic mass is 16.3. The van der Waals surface area contributed by atoms with Gasteiger partial charge >= 0.3 is 0 Å². The Bertz CT molecular complexity index is 1090. The van der Waals surface area contributed by atoms with Crippen LogP contribution in [-0.2, 0) is 11.2 Å². The molecule has 3 aromatic rings. The van der Waals surface area contributed by atoms with E-state index in [0.717, 1.165) is 11.3 Å².